The molecular weight excluding hydrogens is 326 g/mol. The topological polar surface area (TPSA) is 134 Å². The Morgan fingerprint density at radius 2 is 2.16 bits per heavy atom. The highest BCUT2D eigenvalue weighted by Gasteiger charge is 2.15. The Hall–Kier alpha value is -3.62. The molecule has 1 amide bonds. The summed E-state index contributed by atoms with van der Waals surface area (Å²) in [4.78, 5) is 29.0. The number of aryl methyl sites for hydroxylation is 1. The third kappa shape index (κ3) is 3.20. The molecule has 0 bridgehead atoms. The van der Waals surface area contributed by atoms with Crippen LogP contribution in [0, 0.1) is 10.1 Å². The van der Waals surface area contributed by atoms with E-state index < -0.39 is 10.8 Å². The lowest BCUT2D eigenvalue weighted by Crippen LogP contribution is -1.98. The number of azo groups is 1. The van der Waals surface area contributed by atoms with Gasteiger partial charge in [-0.05, 0) is 24.1 Å². The van der Waals surface area contributed by atoms with Gasteiger partial charge in [0.2, 0.25) is 5.88 Å². The number of fused-ring (bicyclic) bond motifs is 1. The summed E-state index contributed by atoms with van der Waals surface area (Å²) in [6.07, 6.45) is 2.38. The highest BCUT2D eigenvalue weighted by molar-refractivity contribution is 5.97. The minimum absolute atomic E-state index is 0.0442. The van der Waals surface area contributed by atoms with Crippen LogP contribution in [0.1, 0.15) is 23.0 Å². The Bertz CT molecular complexity index is 992. The normalized spacial score (nSPS) is 11.2. The first-order valence-corrected chi connectivity index (χ1v) is 7.39. The Morgan fingerprint density at radius 1 is 1.36 bits per heavy atom. The van der Waals surface area contributed by atoms with Gasteiger partial charge in [0.15, 0.2) is 5.69 Å². The van der Waals surface area contributed by atoms with Crippen LogP contribution in [-0.4, -0.2) is 25.9 Å². The molecular formula is C16H13N5O4. The van der Waals surface area contributed by atoms with Crippen LogP contribution in [-0.2, 0) is 6.42 Å². The predicted molar refractivity (Wildman–Crippen MR) is 89.1 cm³/mol. The van der Waals surface area contributed by atoms with E-state index in [1.165, 1.54) is 18.2 Å². The maximum Gasteiger partial charge on any atom is 0.313 e. The molecule has 0 unspecified atom stereocenters. The van der Waals surface area contributed by atoms with E-state index in [0.29, 0.717) is 5.52 Å². The molecule has 126 valence electrons. The molecule has 3 rings (SSSR count). The number of nitro groups is 1. The van der Waals surface area contributed by atoms with Gasteiger partial charge in [-0.2, -0.15) is 0 Å². The fraction of sp³-hybridized carbons (Fsp3) is 0.125. The van der Waals surface area contributed by atoms with Crippen molar-refractivity contribution in [3.05, 3.63) is 57.9 Å². The highest BCUT2D eigenvalue weighted by atomic mass is 16.6. The zero-order valence-electron chi connectivity index (χ0n) is 13.1. The van der Waals surface area contributed by atoms with Crippen molar-refractivity contribution in [2.75, 3.05) is 0 Å². The van der Waals surface area contributed by atoms with Crippen molar-refractivity contribution < 1.29 is 14.8 Å². The standard InChI is InChI=1S/C16H13N5O4/c1-2-9-3-5-13(17-8-9)15(22)20-19-14-11-7-10(21(24)25)4-6-12(11)18-16(14)23/h3-8,18,23H,2H2,1H3. The molecule has 0 saturated carbocycles. The van der Waals surface area contributed by atoms with Crippen molar-refractivity contribution in [3.8, 4) is 5.88 Å². The molecule has 0 spiro atoms. The number of aromatic amines is 1. The quantitative estimate of drug-likeness (QED) is 0.425. The molecule has 0 saturated heterocycles. The van der Waals surface area contributed by atoms with E-state index in [4.69, 9.17) is 0 Å². The van der Waals surface area contributed by atoms with Crippen LogP contribution in [0.15, 0.2) is 46.8 Å². The molecule has 2 heterocycles. The average molecular weight is 339 g/mol. The van der Waals surface area contributed by atoms with Gasteiger partial charge >= 0.3 is 5.91 Å². The molecule has 0 aliphatic carbocycles. The number of nitrogens with one attached hydrogen (secondary N) is 1. The number of rotatable bonds is 4. The van der Waals surface area contributed by atoms with Gasteiger partial charge in [0.25, 0.3) is 5.69 Å². The largest absolute Gasteiger partial charge is 0.493 e. The lowest BCUT2D eigenvalue weighted by Gasteiger charge is -1.97. The van der Waals surface area contributed by atoms with Crippen molar-refractivity contribution in [2.24, 2.45) is 10.2 Å². The second-order valence-electron chi connectivity index (χ2n) is 5.22. The Balaban J connectivity index is 1.94. The Labute approximate surface area is 141 Å². The molecule has 0 radical (unpaired) electrons. The lowest BCUT2D eigenvalue weighted by molar-refractivity contribution is -0.384. The molecule has 1 aromatic carbocycles. The van der Waals surface area contributed by atoms with Crippen LogP contribution in [0.3, 0.4) is 0 Å². The number of carbonyl (C=O) groups excluding carboxylic acids is 1. The molecule has 9 heteroatoms. The van der Waals surface area contributed by atoms with E-state index in [2.05, 4.69) is 20.2 Å². The zero-order chi connectivity index (χ0) is 18.0. The third-order valence-electron chi connectivity index (χ3n) is 3.64. The summed E-state index contributed by atoms with van der Waals surface area (Å²) in [6.45, 7) is 1.97. The van der Waals surface area contributed by atoms with Gasteiger partial charge in [-0.1, -0.05) is 13.0 Å². The number of nitro benzene ring substituents is 1. The minimum Gasteiger partial charge on any atom is -0.493 e. The second-order valence-corrected chi connectivity index (χ2v) is 5.22. The first-order chi connectivity index (χ1) is 12.0. The van der Waals surface area contributed by atoms with Crippen LogP contribution in [0.4, 0.5) is 11.4 Å². The van der Waals surface area contributed by atoms with Gasteiger partial charge in [-0.25, -0.2) is 0 Å². The summed E-state index contributed by atoms with van der Waals surface area (Å²) in [7, 11) is 0. The number of carbonyl (C=O) groups is 1. The number of pyridine rings is 1. The molecule has 0 fully saturated rings. The maximum absolute atomic E-state index is 12.0. The van der Waals surface area contributed by atoms with Crippen molar-refractivity contribution in [2.45, 2.75) is 13.3 Å². The molecule has 0 aliphatic rings. The Morgan fingerprint density at radius 3 is 2.80 bits per heavy atom. The van der Waals surface area contributed by atoms with E-state index in [1.807, 2.05) is 6.92 Å². The first kappa shape index (κ1) is 16.2. The van der Waals surface area contributed by atoms with Crippen LogP contribution < -0.4 is 0 Å². The number of aromatic nitrogens is 2. The molecule has 25 heavy (non-hydrogen) atoms. The number of hydrogen-bond acceptors (Lipinski definition) is 6. The number of H-pyrrole nitrogens is 1. The summed E-state index contributed by atoms with van der Waals surface area (Å²) < 4.78 is 0. The zero-order valence-corrected chi connectivity index (χ0v) is 13.1. The SMILES string of the molecule is CCc1ccc(C(=O)N=Nc2c(O)[nH]c3ccc([N+](=O)[O-])cc23)nc1. The summed E-state index contributed by atoms with van der Waals surface area (Å²) >= 11 is 0. The Kier molecular flexibility index (Phi) is 4.21. The van der Waals surface area contributed by atoms with E-state index in [1.54, 1.807) is 18.3 Å². The molecule has 2 N–H and O–H groups in total. The second kappa shape index (κ2) is 6.48. The minimum atomic E-state index is -0.679. The summed E-state index contributed by atoms with van der Waals surface area (Å²) in [6, 6.07) is 7.30. The van der Waals surface area contributed by atoms with E-state index in [9.17, 15) is 20.0 Å². The predicted octanol–water partition coefficient (Wildman–Crippen LogP) is 3.66. The van der Waals surface area contributed by atoms with E-state index in [-0.39, 0.29) is 28.3 Å². The monoisotopic (exact) mass is 339 g/mol. The molecule has 2 aromatic heterocycles. The number of amides is 1. The van der Waals surface area contributed by atoms with E-state index in [0.717, 1.165) is 12.0 Å². The fourth-order valence-corrected chi connectivity index (χ4v) is 2.27. The fourth-order valence-electron chi connectivity index (χ4n) is 2.27. The molecule has 9 nitrogen and oxygen atoms in total. The van der Waals surface area contributed by atoms with Gasteiger partial charge in [0.05, 0.1) is 10.4 Å². The number of aromatic hydroxyl groups is 1. The van der Waals surface area contributed by atoms with Crippen LogP contribution >= 0.6 is 0 Å². The summed E-state index contributed by atoms with van der Waals surface area (Å²) in [5, 5.41) is 28.4. The van der Waals surface area contributed by atoms with Gasteiger partial charge in [-0.15, -0.1) is 10.2 Å². The highest BCUT2D eigenvalue weighted by Crippen LogP contribution is 2.37. The van der Waals surface area contributed by atoms with Crippen LogP contribution in [0.2, 0.25) is 0 Å². The average Bonchev–Trinajstić information content (AvgIpc) is 2.94. The summed E-state index contributed by atoms with van der Waals surface area (Å²) in [5.74, 6) is -1.01. The third-order valence-corrected chi connectivity index (χ3v) is 3.64. The van der Waals surface area contributed by atoms with Gasteiger partial charge in [-0.3, -0.25) is 19.9 Å². The number of hydrogen-bond donors (Lipinski definition) is 2. The van der Waals surface area contributed by atoms with Gasteiger partial charge in [0, 0.05) is 23.7 Å². The molecule has 3 aromatic rings. The van der Waals surface area contributed by atoms with Crippen molar-refractivity contribution in [3.63, 3.8) is 0 Å². The van der Waals surface area contributed by atoms with Crippen molar-refractivity contribution >= 4 is 28.2 Å². The number of non-ortho nitro benzene ring substituents is 1. The van der Waals surface area contributed by atoms with Crippen LogP contribution in [0.25, 0.3) is 10.9 Å². The van der Waals surface area contributed by atoms with Gasteiger partial charge in [0.1, 0.15) is 5.69 Å². The number of benzene rings is 1. The molecule has 0 aliphatic heterocycles. The smallest absolute Gasteiger partial charge is 0.313 e. The lowest BCUT2D eigenvalue weighted by atomic mass is 10.2. The summed E-state index contributed by atoms with van der Waals surface area (Å²) in [5.41, 5.74) is 1.33. The van der Waals surface area contributed by atoms with E-state index >= 15 is 0 Å². The maximum atomic E-state index is 12.0. The van der Waals surface area contributed by atoms with Gasteiger partial charge < -0.3 is 10.1 Å². The van der Waals surface area contributed by atoms with Crippen molar-refractivity contribution in [1.29, 1.82) is 0 Å². The molecule has 0 atom stereocenters. The number of nitrogens with zero attached hydrogens (tertiary/aromatic N) is 4. The first-order valence-electron chi connectivity index (χ1n) is 7.39. The van der Waals surface area contributed by atoms with Crippen LogP contribution in [0.5, 0.6) is 5.88 Å². The van der Waals surface area contributed by atoms with Crippen molar-refractivity contribution in [1.82, 2.24) is 9.97 Å².